The number of hydrogen-bond donors (Lipinski definition) is 1. The summed E-state index contributed by atoms with van der Waals surface area (Å²) < 4.78 is 0. The minimum Gasteiger partial charge on any atom is -0.345 e. The van der Waals surface area contributed by atoms with E-state index in [0.29, 0.717) is 11.5 Å². The van der Waals surface area contributed by atoms with E-state index in [1.807, 2.05) is 30.5 Å². The first-order chi connectivity index (χ1) is 14.6. The molecule has 0 unspecified atom stereocenters. The Balaban J connectivity index is 1.45. The molecule has 30 heavy (non-hydrogen) atoms. The van der Waals surface area contributed by atoms with Gasteiger partial charge in [0.2, 0.25) is 0 Å². The molecule has 0 saturated carbocycles. The highest BCUT2D eigenvalue weighted by Crippen LogP contribution is 2.29. The van der Waals surface area contributed by atoms with Gasteiger partial charge in [-0.25, -0.2) is 4.98 Å². The van der Waals surface area contributed by atoms with Gasteiger partial charge in [0, 0.05) is 24.7 Å². The molecule has 0 bridgehead atoms. The Hall–Kier alpha value is -3.64. The van der Waals surface area contributed by atoms with Crippen molar-refractivity contribution in [2.75, 3.05) is 0 Å². The lowest BCUT2D eigenvalue weighted by Crippen LogP contribution is -1.94. The second-order valence-corrected chi connectivity index (χ2v) is 7.96. The fourth-order valence-electron chi connectivity index (χ4n) is 3.76. The van der Waals surface area contributed by atoms with E-state index in [1.165, 1.54) is 22.3 Å². The van der Waals surface area contributed by atoms with Crippen LogP contribution < -0.4 is 0 Å². The molecule has 0 aliphatic carbocycles. The molecule has 1 heterocycles. The van der Waals surface area contributed by atoms with Crippen molar-refractivity contribution in [3.8, 4) is 17.2 Å². The smallest absolute Gasteiger partial charge is 0.110 e. The molecule has 1 aromatic heterocycles. The average molecular weight is 392 g/mol. The van der Waals surface area contributed by atoms with E-state index in [9.17, 15) is 0 Å². The number of rotatable bonds is 6. The zero-order valence-corrected chi connectivity index (χ0v) is 17.4. The molecule has 4 rings (SSSR count). The number of aromatic nitrogens is 2. The maximum absolute atomic E-state index is 8.92. The molecule has 4 aromatic rings. The van der Waals surface area contributed by atoms with Crippen LogP contribution in [0.15, 0.2) is 79.0 Å². The third kappa shape index (κ3) is 4.50. The van der Waals surface area contributed by atoms with Crippen molar-refractivity contribution in [1.82, 2.24) is 9.97 Å². The quantitative estimate of drug-likeness (QED) is 0.422. The number of nitrogens with one attached hydrogen (secondary N) is 1. The third-order valence-corrected chi connectivity index (χ3v) is 5.38. The second kappa shape index (κ2) is 8.80. The average Bonchev–Trinajstić information content (AvgIpc) is 3.21. The molecule has 148 valence electrons. The first-order valence-corrected chi connectivity index (χ1v) is 10.3. The third-order valence-electron chi connectivity index (χ3n) is 5.38. The molecule has 3 nitrogen and oxygen atoms in total. The van der Waals surface area contributed by atoms with Gasteiger partial charge >= 0.3 is 0 Å². The van der Waals surface area contributed by atoms with E-state index in [2.05, 4.69) is 78.4 Å². The van der Waals surface area contributed by atoms with Crippen molar-refractivity contribution in [3.63, 3.8) is 0 Å². The second-order valence-electron chi connectivity index (χ2n) is 7.96. The predicted molar refractivity (Wildman–Crippen MR) is 121 cm³/mol. The highest BCUT2D eigenvalue weighted by atomic mass is 14.9. The zero-order valence-electron chi connectivity index (χ0n) is 17.4. The fourth-order valence-corrected chi connectivity index (χ4v) is 3.76. The molecule has 0 aliphatic rings. The highest BCUT2D eigenvalue weighted by Gasteiger charge is 2.09. The van der Waals surface area contributed by atoms with Gasteiger partial charge in [0.15, 0.2) is 0 Å². The molecule has 3 aromatic carbocycles. The first-order valence-electron chi connectivity index (χ1n) is 10.3. The maximum atomic E-state index is 8.92. The summed E-state index contributed by atoms with van der Waals surface area (Å²) in [5.74, 6) is 1.47. The SMILES string of the molecule is CC(C)c1ccccc1-c1ccc(Cc2ncc(Cc3ccc(C#N)cc3)[nH]2)cc1. The summed E-state index contributed by atoms with van der Waals surface area (Å²) in [7, 11) is 0. The molecule has 0 atom stereocenters. The number of nitriles is 1. The van der Waals surface area contributed by atoms with Crippen molar-refractivity contribution in [2.24, 2.45) is 0 Å². The van der Waals surface area contributed by atoms with E-state index in [0.717, 1.165) is 29.9 Å². The van der Waals surface area contributed by atoms with Gasteiger partial charge in [0.05, 0.1) is 11.6 Å². The predicted octanol–water partition coefficient (Wildman–Crippen LogP) is 6.25. The Kier molecular flexibility index (Phi) is 5.77. The summed E-state index contributed by atoms with van der Waals surface area (Å²) in [6, 6.07) is 27.3. The topological polar surface area (TPSA) is 52.5 Å². The number of benzene rings is 3. The Morgan fingerprint density at radius 2 is 1.53 bits per heavy atom. The first kappa shape index (κ1) is 19.7. The molecule has 3 heteroatoms. The van der Waals surface area contributed by atoms with E-state index >= 15 is 0 Å². The summed E-state index contributed by atoms with van der Waals surface area (Å²) in [6.07, 6.45) is 3.46. The van der Waals surface area contributed by atoms with Gasteiger partial charge < -0.3 is 4.98 Å². The van der Waals surface area contributed by atoms with Crippen molar-refractivity contribution in [1.29, 1.82) is 5.26 Å². The largest absolute Gasteiger partial charge is 0.345 e. The summed E-state index contributed by atoms with van der Waals surface area (Å²) in [5.41, 5.74) is 8.10. The van der Waals surface area contributed by atoms with Crippen LogP contribution in [0.5, 0.6) is 0 Å². The number of H-pyrrole nitrogens is 1. The zero-order chi connectivity index (χ0) is 20.9. The van der Waals surface area contributed by atoms with Crippen molar-refractivity contribution < 1.29 is 0 Å². The maximum Gasteiger partial charge on any atom is 0.110 e. The van der Waals surface area contributed by atoms with Gasteiger partial charge in [-0.15, -0.1) is 0 Å². The highest BCUT2D eigenvalue weighted by molar-refractivity contribution is 5.68. The van der Waals surface area contributed by atoms with Crippen molar-refractivity contribution in [2.45, 2.75) is 32.6 Å². The molecule has 0 amide bonds. The lowest BCUT2D eigenvalue weighted by molar-refractivity contribution is 0.869. The van der Waals surface area contributed by atoms with Crippen molar-refractivity contribution in [3.05, 3.63) is 113 Å². The van der Waals surface area contributed by atoms with Crippen LogP contribution in [0, 0.1) is 11.3 Å². The van der Waals surface area contributed by atoms with Gasteiger partial charge in [-0.1, -0.05) is 74.5 Å². The Labute approximate surface area is 178 Å². The van der Waals surface area contributed by atoms with Crippen LogP contribution in [0.1, 0.15) is 53.5 Å². The molecule has 0 aliphatic heterocycles. The summed E-state index contributed by atoms with van der Waals surface area (Å²) in [4.78, 5) is 7.98. The number of hydrogen-bond acceptors (Lipinski definition) is 2. The van der Waals surface area contributed by atoms with Gasteiger partial charge in [0.25, 0.3) is 0 Å². The standard InChI is InChI=1S/C27H25N3/c1-19(2)25-5-3-4-6-26(25)23-13-11-21(12-14-23)16-27-29-18-24(30-27)15-20-7-9-22(17-28)10-8-20/h3-14,18-19H,15-16H2,1-2H3,(H,29,30). The Morgan fingerprint density at radius 1 is 0.867 bits per heavy atom. The molecular formula is C27H25N3. The van der Waals surface area contributed by atoms with Crippen LogP contribution in [0.4, 0.5) is 0 Å². The normalized spacial score (nSPS) is 10.9. The minimum atomic E-state index is 0.499. The van der Waals surface area contributed by atoms with Gasteiger partial charge in [0.1, 0.15) is 5.82 Å². The summed E-state index contributed by atoms with van der Waals surface area (Å²) >= 11 is 0. The Morgan fingerprint density at radius 3 is 2.23 bits per heavy atom. The fraction of sp³-hybridized carbons (Fsp3) is 0.185. The van der Waals surface area contributed by atoms with Crippen LogP contribution in [0.25, 0.3) is 11.1 Å². The monoisotopic (exact) mass is 391 g/mol. The Bertz CT molecular complexity index is 1160. The molecular weight excluding hydrogens is 366 g/mol. The van der Waals surface area contributed by atoms with Gasteiger partial charge in [-0.05, 0) is 45.9 Å². The van der Waals surface area contributed by atoms with Gasteiger partial charge in [-0.2, -0.15) is 5.26 Å². The van der Waals surface area contributed by atoms with E-state index in [4.69, 9.17) is 5.26 Å². The number of nitrogens with zero attached hydrogens (tertiary/aromatic N) is 2. The summed E-state index contributed by atoms with van der Waals surface area (Å²) in [6.45, 7) is 4.47. The molecule has 1 N–H and O–H groups in total. The van der Waals surface area contributed by atoms with E-state index < -0.39 is 0 Å². The molecule has 0 fully saturated rings. The number of imidazole rings is 1. The lowest BCUT2D eigenvalue weighted by atomic mass is 9.92. The molecule has 0 radical (unpaired) electrons. The molecule has 0 saturated heterocycles. The van der Waals surface area contributed by atoms with Crippen LogP contribution in [0.3, 0.4) is 0 Å². The van der Waals surface area contributed by atoms with Crippen LogP contribution in [0.2, 0.25) is 0 Å². The van der Waals surface area contributed by atoms with Crippen LogP contribution in [-0.2, 0) is 12.8 Å². The van der Waals surface area contributed by atoms with Crippen LogP contribution in [-0.4, -0.2) is 9.97 Å². The lowest BCUT2D eigenvalue weighted by Gasteiger charge is -2.13. The van der Waals surface area contributed by atoms with Crippen LogP contribution >= 0.6 is 0 Å². The minimum absolute atomic E-state index is 0.499. The molecule has 0 spiro atoms. The van der Waals surface area contributed by atoms with Crippen molar-refractivity contribution >= 4 is 0 Å². The number of aromatic amines is 1. The van der Waals surface area contributed by atoms with E-state index in [1.54, 1.807) is 0 Å². The summed E-state index contributed by atoms with van der Waals surface area (Å²) in [5, 5.41) is 8.92. The van der Waals surface area contributed by atoms with E-state index in [-0.39, 0.29) is 0 Å². The van der Waals surface area contributed by atoms with Gasteiger partial charge in [-0.3, -0.25) is 0 Å².